The number of nitrogens with one attached hydrogen (secondary N) is 1. The van der Waals surface area contributed by atoms with E-state index in [2.05, 4.69) is 5.32 Å². The number of esters is 1. The Morgan fingerprint density at radius 1 is 1.07 bits per heavy atom. The number of hydrogen-bond donors (Lipinski definition) is 1. The molecule has 30 heavy (non-hydrogen) atoms. The number of carbonyl (C=O) groups is 2. The molecule has 2 aromatic rings. The molecule has 1 aliphatic rings. The maximum Gasteiger partial charge on any atom is 0.341 e. The lowest BCUT2D eigenvalue weighted by Crippen LogP contribution is -2.27. The zero-order chi connectivity index (χ0) is 21.6. The number of carbonyl (C=O) groups excluding carboxylic acids is 2. The SMILES string of the molecule is COC=C(C(=O)OC)c1ccccc1CSC1(C(=O)Nc2ccc(OC)cc2)CC1. The molecule has 7 heteroatoms. The third-order valence-electron chi connectivity index (χ3n) is 4.92. The Morgan fingerprint density at radius 2 is 1.77 bits per heavy atom. The summed E-state index contributed by atoms with van der Waals surface area (Å²) in [5.41, 5.74) is 2.78. The smallest absolute Gasteiger partial charge is 0.341 e. The van der Waals surface area contributed by atoms with Crippen molar-refractivity contribution in [1.29, 1.82) is 0 Å². The Labute approximate surface area is 180 Å². The van der Waals surface area contributed by atoms with E-state index in [4.69, 9.17) is 14.2 Å². The average Bonchev–Trinajstić information content (AvgIpc) is 3.58. The molecule has 1 saturated carbocycles. The molecular formula is C23H25NO5S. The van der Waals surface area contributed by atoms with Crippen LogP contribution in [-0.4, -0.2) is 38.0 Å². The third-order valence-corrected chi connectivity index (χ3v) is 6.52. The van der Waals surface area contributed by atoms with Crippen LogP contribution >= 0.6 is 11.8 Å². The van der Waals surface area contributed by atoms with Crippen molar-refractivity contribution < 1.29 is 23.8 Å². The van der Waals surface area contributed by atoms with Crippen molar-refractivity contribution in [3.8, 4) is 5.75 Å². The fraction of sp³-hybridized carbons (Fsp3) is 0.304. The lowest BCUT2D eigenvalue weighted by molar-refractivity contribution is -0.133. The number of benzene rings is 2. The van der Waals surface area contributed by atoms with Gasteiger partial charge in [0, 0.05) is 11.4 Å². The minimum Gasteiger partial charge on any atom is -0.503 e. The van der Waals surface area contributed by atoms with Gasteiger partial charge in [-0.3, -0.25) is 4.79 Å². The number of rotatable bonds is 9. The summed E-state index contributed by atoms with van der Waals surface area (Å²) in [5, 5.41) is 3.00. The Hall–Kier alpha value is -2.93. The summed E-state index contributed by atoms with van der Waals surface area (Å²) >= 11 is 1.59. The third kappa shape index (κ3) is 4.97. The highest BCUT2D eigenvalue weighted by atomic mass is 32.2. The van der Waals surface area contributed by atoms with Gasteiger partial charge >= 0.3 is 5.97 Å². The van der Waals surface area contributed by atoms with Crippen LogP contribution in [0.1, 0.15) is 24.0 Å². The van der Waals surface area contributed by atoms with Crippen LogP contribution in [0.15, 0.2) is 54.8 Å². The lowest BCUT2D eigenvalue weighted by Gasteiger charge is -2.17. The fourth-order valence-corrected chi connectivity index (χ4v) is 4.30. The summed E-state index contributed by atoms with van der Waals surface area (Å²) in [6.45, 7) is 0. The first-order valence-electron chi connectivity index (χ1n) is 9.52. The fourth-order valence-electron chi connectivity index (χ4n) is 3.04. The van der Waals surface area contributed by atoms with Crippen LogP contribution in [0.25, 0.3) is 5.57 Å². The lowest BCUT2D eigenvalue weighted by atomic mass is 10.0. The number of hydrogen-bond acceptors (Lipinski definition) is 6. The number of ether oxygens (including phenoxy) is 3. The summed E-state index contributed by atoms with van der Waals surface area (Å²) in [6, 6.07) is 14.9. The summed E-state index contributed by atoms with van der Waals surface area (Å²) in [7, 11) is 4.43. The molecule has 0 unspecified atom stereocenters. The van der Waals surface area contributed by atoms with Crippen LogP contribution in [0.3, 0.4) is 0 Å². The van der Waals surface area contributed by atoms with Gasteiger partial charge in [-0.1, -0.05) is 24.3 Å². The molecule has 0 aliphatic heterocycles. The Kier molecular flexibility index (Phi) is 7.05. The van der Waals surface area contributed by atoms with Gasteiger partial charge in [0.25, 0.3) is 0 Å². The molecule has 1 aliphatic carbocycles. The van der Waals surface area contributed by atoms with Crippen molar-refractivity contribution in [3.63, 3.8) is 0 Å². The largest absolute Gasteiger partial charge is 0.503 e. The van der Waals surface area contributed by atoms with Gasteiger partial charge in [-0.25, -0.2) is 4.79 Å². The second-order valence-electron chi connectivity index (χ2n) is 6.88. The first kappa shape index (κ1) is 21.8. The monoisotopic (exact) mass is 427 g/mol. The topological polar surface area (TPSA) is 73.9 Å². The van der Waals surface area contributed by atoms with E-state index < -0.39 is 10.7 Å². The predicted octanol–water partition coefficient (Wildman–Crippen LogP) is 4.26. The maximum absolute atomic E-state index is 12.9. The van der Waals surface area contributed by atoms with Gasteiger partial charge in [0.1, 0.15) is 11.3 Å². The van der Waals surface area contributed by atoms with Crippen molar-refractivity contribution in [1.82, 2.24) is 0 Å². The molecule has 0 spiro atoms. The number of amides is 1. The van der Waals surface area contributed by atoms with E-state index in [0.717, 1.165) is 35.4 Å². The Balaban J connectivity index is 1.71. The second-order valence-corrected chi connectivity index (χ2v) is 8.24. The molecule has 0 bridgehead atoms. The van der Waals surface area contributed by atoms with Crippen LogP contribution < -0.4 is 10.1 Å². The van der Waals surface area contributed by atoms with Crippen LogP contribution in [0.4, 0.5) is 5.69 Å². The molecule has 0 aromatic heterocycles. The molecule has 0 atom stereocenters. The van der Waals surface area contributed by atoms with E-state index in [1.807, 2.05) is 48.5 Å². The van der Waals surface area contributed by atoms with Gasteiger partial charge in [-0.05, 0) is 48.2 Å². The van der Waals surface area contributed by atoms with Crippen LogP contribution in [0, 0.1) is 0 Å². The zero-order valence-corrected chi connectivity index (χ0v) is 18.1. The van der Waals surface area contributed by atoms with Gasteiger partial charge in [-0.2, -0.15) is 0 Å². The standard InChI is InChI=1S/C23H25NO5S/c1-27-14-20(21(25)29-3)19-7-5-4-6-16(19)15-30-23(12-13-23)22(26)24-17-8-10-18(28-2)11-9-17/h4-11,14H,12-13,15H2,1-3H3,(H,24,26). The predicted molar refractivity (Wildman–Crippen MR) is 118 cm³/mol. The highest BCUT2D eigenvalue weighted by molar-refractivity contribution is 8.01. The molecule has 0 radical (unpaired) electrons. The minimum absolute atomic E-state index is 0.00391. The Morgan fingerprint density at radius 3 is 2.37 bits per heavy atom. The van der Waals surface area contributed by atoms with E-state index in [0.29, 0.717) is 11.3 Å². The van der Waals surface area contributed by atoms with Crippen LogP contribution in [-0.2, 0) is 24.8 Å². The van der Waals surface area contributed by atoms with E-state index in [1.54, 1.807) is 18.9 Å². The molecule has 0 saturated heterocycles. The molecule has 1 N–H and O–H groups in total. The van der Waals surface area contributed by atoms with Gasteiger partial charge in [0.15, 0.2) is 0 Å². The van der Waals surface area contributed by atoms with E-state index in [-0.39, 0.29) is 5.91 Å². The summed E-state index contributed by atoms with van der Waals surface area (Å²) in [5.74, 6) is 0.860. The summed E-state index contributed by atoms with van der Waals surface area (Å²) in [6.07, 6.45) is 3.03. The van der Waals surface area contributed by atoms with Crippen molar-refractivity contribution in [3.05, 3.63) is 65.9 Å². The molecule has 3 rings (SSSR count). The average molecular weight is 428 g/mol. The van der Waals surface area contributed by atoms with E-state index >= 15 is 0 Å². The van der Waals surface area contributed by atoms with Gasteiger partial charge in [0.05, 0.1) is 32.3 Å². The zero-order valence-electron chi connectivity index (χ0n) is 17.3. The number of methoxy groups -OCH3 is 3. The number of thioether (sulfide) groups is 1. The normalized spacial score (nSPS) is 14.6. The quantitative estimate of drug-likeness (QED) is 0.366. The van der Waals surface area contributed by atoms with Crippen molar-refractivity contribution in [2.24, 2.45) is 0 Å². The minimum atomic E-state index is -0.465. The molecule has 158 valence electrons. The van der Waals surface area contributed by atoms with E-state index in [9.17, 15) is 9.59 Å². The maximum atomic E-state index is 12.9. The molecule has 6 nitrogen and oxygen atoms in total. The first-order valence-corrected chi connectivity index (χ1v) is 10.5. The highest BCUT2D eigenvalue weighted by Gasteiger charge is 2.50. The molecule has 1 amide bonds. The summed E-state index contributed by atoms with van der Waals surface area (Å²) in [4.78, 5) is 25.1. The van der Waals surface area contributed by atoms with Crippen molar-refractivity contribution in [2.45, 2.75) is 23.3 Å². The molecular weight excluding hydrogens is 402 g/mol. The van der Waals surface area contributed by atoms with Gasteiger partial charge in [-0.15, -0.1) is 11.8 Å². The van der Waals surface area contributed by atoms with Crippen molar-refractivity contribution >= 4 is 34.9 Å². The number of anilines is 1. The molecule has 0 heterocycles. The Bertz CT molecular complexity index is 935. The van der Waals surface area contributed by atoms with Crippen molar-refractivity contribution in [2.75, 3.05) is 26.6 Å². The van der Waals surface area contributed by atoms with E-state index in [1.165, 1.54) is 20.5 Å². The molecule has 2 aromatic carbocycles. The highest BCUT2D eigenvalue weighted by Crippen LogP contribution is 2.50. The van der Waals surface area contributed by atoms with Gasteiger partial charge < -0.3 is 19.5 Å². The van der Waals surface area contributed by atoms with Crippen LogP contribution in [0.5, 0.6) is 5.75 Å². The van der Waals surface area contributed by atoms with Gasteiger partial charge in [0.2, 0.25) is 5.91 Å². The van der Waals surface area contributed by atoms with Crippen LogP contribution in [0.2, 0.25) is 0 Å². The summed E-state index contributed by atoms with van der Waals surface area (Å²) < 4.78 is 14.7. The molecule has 1 fully saturated rings. The second kappa shape index (κ2) is 9.71. The first-order chi connectivity index (χ1) is 14.5.